The minimum atomic E-state index is -0.700. The molecule has 0 spiro atoms. The summed E-state index contributed by atoms with van der Waals surface area (Å²) in [5, 5.41) is 0. The summed E-state index contributed by atoms with van der Waals surface area (Å²) in [4.78, 5) is 10.9. The highest BCUT2D eigenvalue weighted by Crippen LogP contribution is 2.40. The van der Waals surface area contributed by atoms with Gasteiger partial charge in [0.05, 0.1) is 5.54 Å². The molecule has 1 fully saturated rings. The Morgan fingerprint density at radius 2 is 2.18 bits per heavy atom. The van der Waals surface area contributed by atoms with Crippen LogP contribution in [0.4, 0.5) is 0 Å². The van der Waals surface area contributed by atoms with Crippen molar-refractivity contribution in [2.75, 3.05) is 0 Å². The van der Waals surface area contributed by atoms with E-state index in [1.807, 2.05) is 0 Å². The molecule has 0 heterocycles. The Labute approximate surface area is 67.1 Å². The SMILES string of the molecule is CC(C)[C@H]1CC[C@]1(N)C(N)=O. The van der Waals surface area contributed by atoms with E-state index in [9.17, 15) is 4.79 Å². The molecule has 1 aliphatic carbocycles. The third-order valence-electron chi connectivity index (χ3n) is 2.79. The van der Waals surface area contributed by atoms with Gasteiger partial charge >= 0.3 is 0 Å². The Hall–Kier alpha value is -0.570. The zero-order chi connectivity index (χ0) is 8.65. The van der Waals surface area contributed by atoms with E-state index in [4.69, 9.17) is 11.5 Å². The monoisotopic (exact) mass is 156 g/mol. The van der Waals surface area contributed by atoms with Crippen molar-refractivity contribution in [2.24, 2.45) is 23.3 Å². The summed E-state index contributed by atoms with van der Waals surface area (Å²) in [5.41, 5.74) is 10.3. The topological polar surface area (TPSA) is 69.1 Å². The predicted octanol–water partition coefficient (Wildman–Crippen LogP) is 0.235. The lowest BCUT2D eigenvalue weighted by Gasteiger charge is -2.46. The largest absolute Gasteiger partial charge is 0.368 e. The van der Waals surface area contributed by atoms with E-state index in [1.54, 1.807) is 0 Å². The van der Waals surface area contributed by atoms with E-state index in [1.165, 1.54) is 0 Å². The lowest BCUT2D eigenvalue weighted by Crippen LogP contribution is -2.64. The van der Waals surface area contributed by atoms with Crippen molar-refractivity contribution >= 4 is 5.91 Å². The van der Waals surface area contributed by atoms with Crippen molar-refractivity contribution in [1.29, 1.82) is 0 Å². The minimum absolute atomic E-state index is 0.292. The van der Waals surface area contributed by atoms with Crippen LogP contribution in [0, 0.1) is 11.8 Å². The Morgan fingerprint density at radius 3 is 2.27 bits per heavy atom. The molecular weight excluding hydrogens is 140 g/mol. The molecule has 1 rings (SSSR count). The molecule has 2 atom stereocenters. The standard InChI is InChI=1S/C8H16N2O/c1-5(2)6-3-4-8(6,10)7(9)11/h5-6H,3-4,10H2,1-2H3,(H2,9,11)/t6-,8-/m1/s1. The third-order valence-corrected chi connectivity index (χ3v) is 2.79. The highest BCUT2D eigenvalue weighted by atomic mass is 16.1. The first-order valence-electron chi connectivity index (χ1n) is 4.07. The number of nitrogens with two attached hydrogens (primary N) is 2. The zero-order valence-electron chi connectivity index (χ0n) is 7.13. The second-order valence-corrected chi connectivity index (χ2v) is 3.79. The number of primary amides is 1. The molecule has 0 aromatic rings. The Balaban J connectivity index is 2.67. The van der Waals surface area contributed by atoms with Gasteiger partial charge in [-0.15, -0.1) is 0 Å². The van der Waals surface area contributed by atoms with Crippen LogP contribution in [0.3, 0.4) is 0 Å². The average molecular weight is 156 g/mol. The van der Waals surface area contributed by atoms with Crippen LogP contribution in [0.2, 0.25) is 0 Å². The van der Waals surface area contributed by atoms with Crippen LogP contribution in [0.1, 0.15) is 26.7 Å². The first-order valence-corrected chi connectivity index (χ1v) is 4.07. The summed E-state index contributed by atoms with van der Waals surface area (Å²) in [6, 6.07) is 0. The fraction of sp³-hybridized carbons (Fsp3) is 0.875. The van der Waals surface area contributed by atoms with Crippen LogP contribution in [0.5, 0.6) is 0 Å². The number of hydrogen-bond acceptors (Lipinski definition) is 2. The summed E-state index contributed by atoms with van der Waals surface area (Å²) in [7, 11) is 0. The summed E-state index contributed by atoms with van der Waals surface area (Å²) in [5.74, 6) is 0.406. The fourth-order valence-electron chi connectivity index (χ4n) is 1.86. The van der Waals surface area contributed by atoms with Crippen molar-refractivity contribution in [1.82, 2.24) is 0 Å². The molecule has 1 amide bonds. The van der Waals surface area contributed by atoms with Crippen LogP contribution >= 0.6 is 0 Å². The molecule has 1 aliphatic rings. The second-order valence-electron chi connectivity index (χ2n) is 3.79. The molecule has 0 aliphatic heterocycles. The first-order chi connectivity index (χ1) is 4.98. The summed E-state index contributed by atoms with van der Waals surface area (Å²) in [6.07, 6.45) is 1.79. The molecule has 0 aromatic carbocycles. The van der Waals surface area contributed by atoms with Gasteiger partial charge in [-0.3, -0.25) is 4.79 Å². The van der Waals surface area contributed by atoms with E-state index in [-0.39, 0.29) is 5.91 Å². The van der Waals surface area contributed by atoms with Gasteiger partial charge in [-0.2, -0.15) is 0 Å². The van der Waals surface area contributed by atoms with Crippen molar-refractivity contribution < 1.29 is 4.79 Å². The Kier molecular flexibility index (Phi) is 1.92. The first kappa shape index (κ1) is 8.53. The lowest BCUT2D eigenvalue weighted by molar-refractivity contribution is -0.130. The number of hydrogen-bond donors (Lipinski definition) is 2. The number of carbonyl (C=O) groups excluding carboxylic acids is 1. The molecule has 64 valence electrons. The van der Waals surface area contributed by atoms with E-state index in [0.29, 0.717) is 11.8 Å². The molecule has 11 heavy (non-hydrogen) atoms. The zero-order valence-corrected chi connectivity index (χ0v) is 7.13. The van der Waals surface area contributed by atoms with Gasteiger partial charge in [0.25, 0.3) is 0 Å². The molecule has 3 nitrogen and oxygen atoms in total. The summed E-state index contributed by atoms with van der Waals surface area (Å²) in [6.45, 7) is 4.16. The highest BCUT2D eigenvalue weighted by Gasteiger charge is 2.49. The van der Waals surface area contributed by atoms with Crippen LogP contribution in [-0.2, 0) is 4.79 Å². The van der Waals surface area contributed by atoms with Crippen molar-refractivity contribution in [3.8, 4) is 0 Å². The molecule has 1 saturated carbocycles. The second kappa shape index (κ2) is 2.48. The maximum Gasteiger partial charge on any atom is 0.237 e. The van der Waals surface area contributed by atoms with Gasteiger partial charge in [-0.25, -0.2) is 0 Å². The maximum atomic E-state index is 10.9. The predicted molar refractivity (Wildman–Crippen MR) is 43.7 cm³/mol. The van der Waals surface area contributed by atoms with Crippen LogP contribution in [0.15, 0.2) is 0 Å². The average Bonchev–Trinajstić information content (AvgIpc) is 1.82. The molecule has 4 N–H and O–H groups in total. The molecule has 0 radical (unpaired) electrons. The van der Waals surface area contributed by atoms with Crippen molar-refractivity contribution in [2.45, 2.75) is 32.2 Å². The summed E-state index contributed by atoms with van der Waals surface area (Å²) >= 11 is 0. The smallest absolute Gasteiger partial charge is 0.237 e. The van der Waals surface area contributed by atoms with Crippen molar-refractivity contribution in [3.63, 3.8) is 0 Å². The molecule has 0 aromatic heterocycles. The quantitative estimate of drug-likeness (QED) is 0.601. The highest BCUT2D eigenvalue weighted by molar-refractivity contribution is 5.85. The molecule has 3 heteroatoms. The van der Waals surface area contributed by atoms with Crippen LogP contribution in [-0.4, -0.2) is 11.4 Å². The van der Waals surface area contributed by atoms with E-state index in [2.05, 4.69) is 13.8 Å². The maximum absolute atomic E-state index is 10.9. The number of rotatable bonds is 2. The van der Waals surface area contributed by atoms with E-state index >= 15 is 0 Å². The molecule has 0 saturated heterocycles. The van der Waals surface area contributed by atoms with Gasteiger partial charge < -0.3 is 11.5 Å². The normalized spacial score (nSPS) is 36.9. The van der Waals surface area contributed by atoms with Gasteiger partial charge in [0.2, 0.25) is 5.91 Å². The summed E-state index contributed by atoms with van der Waals surface area (Å²) < 4.78 is 0. The minimum Gasteiger partial charge on any atom is -0.368 e. The van der Waals surface area contributed by atoms with Crippen LogP contribution in [0.25, 0.3) is 0 Å². The third kappa shape index (κ3) is 1.13. The molecule has 0 bridgehead atoms. The van der Waals surface area contributed by atoms with Gasteiger partial charge in [-0.05, 0) is 24.7 Å². The van der Waals surface area contributed by atoms with Crippen molar-refractivity contribution in [3.05, 3.63) is 0 Å². The van der Waals surface area contributed by atoms with Crippen LogP contribution < -0.4 is 11.5 Å². The Bertz CT molecular complexity index is 179. The van der Waals surface area contributed by atoms with E-state index in [0.717, 1.165) is 12.8 Å². The van der Waals surface area contributed by atoms with Gasteiger partial charge in [0, 0.05) is 0 Å². The number of amides is 1. The lowest BCUT2D eigenvalue weighted by atomic mass is 9.62. The molecular formula is C8H16N2O. The Morgan fingerprint density at radius 1 is 1.64 bits per heavy atom. The number of carbonyl (C=O) groups is 1. The molecule has 0 unspecified atom stereocenters. The fourth-order valence-corrected chi connectivity index (χ4v) is 1.86. The van der Waals surface area contributed by atoms with Gasteiger partial charge in [-0.1, -0.05) is 13.8 Å². The van der Waals surface area contributed by atoms with Gasteiger partial charge in [0.1, 0.15) is 0 Å². The van der Waals surface area contributed by atoms with Gasteiger partial charge in [0.15, 0.2) is 0 Å². The van der Waals surface area contributed by atoms with E-state index < -0.39 is 5.54 Å².